The first-order valence-electron chi connectivity index (χ1n) is 4.64. The Morgan fingerprint density at radius 3 is 2.94 bits per heavy atom. The average molecular weight is 218 g/mol. The maximum atomic E-state index is 11.7. The summed E-state index contributed by atoms with van der Waals surface area (Å²) in [6, 6.07) is 3.43. The van der Waals surface area contributed by atoms with Crippen LogP contribution in [0.3, 0.4) is 0 Å². The zero-order valence-corrected chi connectivity index (χ0v) is 8.60. The fourth-order valence-electron chi connectivity index (χ4n) is 1.28. The van der Waals surface area contributed by atoms with Crippen LogP contribution in [0.5, 0.6) is 0 Å². The second kappa shape index (κ2) is 4.01. The molecule has 0 radical (unpaired) electrons. The molecule has 82 valence electrons. The third-order valence-electron chi connectivity index (χ3n) is 2.15. The van der Waals surface area contributed by atoms with Gasteiger partial charge in [-0.15, -0.1) is 0 Å². The van der Waals surface area contributed by atoms with Gasteiger partial charge < -0.3 is 10.3 Å². The molecule has 0 fully saturated rings. The predicted octanol–water partition coefficient (Wildman–Crippen LogP) is 0.361. The van der Waals surface area contributed by atoms with Gasteiger partial charge in [0.15, 0.2) is 0 Å². The largest absolute Gasteiger partial charge is 0.325 e. The normalized spacial score (nSPS) is 10.1. The Morgan fingerprint density at radius 2 is 2.38 bits per heavy atom. The lowest BCUT2D eigenvalue weighted by Gasteiger charge is -2.03. The lowest BCUT2D eigenvalue weighted by molar-refractivity contribution is 0.101. The van der Waals surface area contributed by atoms with Gasteiger partial charge in [-0.2, -0.15) is 0 Å². The van der Waals surface area contributed by atoms with Crippen LogP contribution in [0.1, 0.15) is 10.5 Å². The van der Waals surface area contributed by atoms with Crippen molar-refractivity contribution in [1.29, 1.82) is 0 Å². The molecule has 2 N–H and O–H groups in total. The van der Waals surface area contributed by atoms with Crippen LogP contribution in [-0.2, 0) is 7.05 Å². The highest BCUT2D eigenvalue weighted by Crippen LogP contribution is 2.05. The zero-order valence-electron chi connectivity index (χ0n) is 8.60. The second-order valence-electron chi connectivity index (χ2n) is 3.23. The van der Waals surface area contributed by atoms with Crippen molar-refractivity contribution in [2.45, 2.75) is 0 Å². The second-order valence-corrected chi connectivity index (χ2v) is 3.23. The van der Waals surface area contributed by atoms with E-state index in [1.165, 1.54) is 24.0 Å². The quantitative estimate of drug-likeness (QED) is 0.763. The Hall–Kier alpha value is -2.37. The first-order valence-corrected chi connectivity index (χ1v) is 4.64. The van der Waals surface area contributed by atoms with E-state index in [9.17, 15) is 9.59 Å². The van der Waals surface area contributed by atoms with Gasteiger partial charge in [0.2, 0.25) is 0 Å². The molecule has 0 spiro atoms. The molecule has 0 aromatic carbocycles. The molecular weight excluding hydrogens is 208 g/mol. The van der Waals surface area contributed by atoms with Gasteiger partial charge in [-0.1, -0.05) is 0 Å². The molecule has 16 heavy (non-hydrogen) atoms. The van der Waals surface area contributed by atoms with Crippen molar-refractivity contribution in [2.24, 2.45) is 7.05 Å². The molecule has 0 saturated carbocycles. The maximum Gasteiger partial charge on any atom is 0.325 e. The molecule has 0 aliphatic carbocycles. The van der Waals surface area contributed by atoms with E-state index >= 15 is 0 Å². The number of amides is 1. The van der Waals surface area contributed by atoms with Crippen molar-refractivity contribution in [3.8, 4) is 0 Å². The molecule has 2 aromatic rings. The number of aromatic amines is 1. The Balaban J connectivity index is 2.22. The van der Waals surface area contributed by atoms with Gasteiger partial charge in [-0.25, -0.2) is 4.79 Å². The first kappa shape index (κ1) is 10.2. The lowest BCUT2D eigenvalue weighted by Crippen LogP contribution is -2.21. The first-order chi connectivity index (χ1) is 7.68. The highest BCUT2D eigenvalue weighted by Gasteiger charge is 2.11. The summed E-state index contributed by atoms with van der Waals surface area (Å²) in [5.74, 6) is -0.353. The number of anilines is 1. The molecule has 6 heteroatoms. The minimum atomic E-state index is -0.353. The predicted molar refractivity (Wildman–Crippen MR) is 58.2 cm³/mol. The number of rotatable bonds is 2. The summed E-state index contributed by atoms with van der Waals surface area (Å²) >= 11 is 0. The number of pyridine rings is 1. The Kier molecular flexibility index (Phi) is 2.55. The minimum absolute atomic E-state index is 0.272. The molecule has 2 rings (SSSR count). The average Bonchev–Trinajstić information content (AvgIpc) is 2.61. The number of nitrogens with one attached hydrogen (secondary N) is 2. The molecular formula is C10H10N4O2. The number of carbonyl (C=O) groups is 1. The van der Waals surface area contributed by atoms with E-state index < -0.39 is 0 Å². The minimum Gasteiger partial charge on any atom is -0.319 e. The van der Waals surface area contributed by atoms with Crippen molar-refractivity contribution >= 4 is 11.6 Å². The molecule has 0 aliphatic heterocycles. The Morgan fingerprint density at radius 1 is 1.56 bits per heavy atom. The van der Waals surface area contributed by atoms with E-state index in [2.05, 4.69) is 15.3 Å². The van der Waals surface area contributed by atoms with Gasteiger partial charge in [0.05, 0.1) is 11.9 Å². The summed E-state index contributed by atoms with van der Waals surface area (Å²) in [6.45, 7) is 0. The van der Waals surface area contributed by atoms with Crippen LogP contribution < -0.4 is 11.0 Å². The van der Waals surface area contributed by atoms with Crippen LogP contribution in [0, 0.1) is 0 Å². The van der Waals surface area contributed by atoms with E-state index in [1.54, 1.807) is 18.3 Å². The topological polar surface area (TPSA) is 79.8 Å². The Bertz CT molecular complexity index is 556. The molecule has 0 unspecified atom stereocenters. The molecule has 0 atom stereocenters. The van der Waals surface area contributed by atoms with E-state index in [4.69, 9.17) is 0 Å². The number of hydrogen-bond acceptors (Lipinski definition) is 3. The van der Waals surface area contributed by atoms with Gasteiger partial charge in [-0.05, 0) is 12.1 Å². The fourth-order valence-corrected chi connectivity index (χ4v) is 1.28. The number of H-pyrrole nitrogens is 1. The molecule has 1 amide bonds. The smallest absolute Gasteiger partial charge is 0.319 e. The standard InChI is InChI=1S/C10H10N4O2/c1-14-8(6-12-10(14)16)9(15)13-7-3-2-4-11-5-7/h2-6H,1H3,(H,12,16)(H,13,15). The van der Waals surface area contributed by atoms with E-state index in [1.807, 2.05) is 0 Å². The van der Waals surface area contributed by atoms with Crippen LogP contribution in [-0.4, -0.2) is 20.4 Å². The summed E-state index contributed by atoms with van der Waals surface area (Å²) < 4.78 is 1.24. The summed E-state index contributed by atoms with van der Waals surface area (Å²) in [7, 11) is 1.52. The van der Waals surface area contributed by atoms with Crippen LogP contribution in [0.25, 0.3) is 0 Å². The zero-order chi connectivity index (χ0) is 11.5. The lowest BCUT2D eigenvalue weighted by atomic mass is 10.4. The van der Waals surface area contributed by atoms with Gasteiger partial charge in [-0.3, -0.25) is 14.3 Å². The summed E-state index contributed by atoms with van der Waals surface area (Å²) in [5.41, 5.74) is 0.534. The number of nitrogens with zero attached hydrogens (tertiary/aromatic N) is 2. The van der Waals surface area contributed by atoms with Crippen molar-refractivity contribution in [2.75, 3.05) is 5.32 Å². The van der Waals surface area contributed by atoms with E-state index in [-0.39, 0.29) is 17.3 Å². The van der Waals surface area contributed by atoms with Gasteiger partial charge in [0.25, 0.3) is 5.91 Å². The van der Waals surface area contributed by atoms with Crippen LogP contribution >= 0.6 is 0 Å². The van der Waals surface area contributed by atoms with Crippen molar-refractivity contribution in [3.63, 3.8) is 0 Å². The van der Waals surface area contributed by atoms with Crippen LogP contribution in [0.4, 0.5) is 5.69 Å². The monoisotopic (exact) mass is 218 g/mol. The number of imidazole rings is 1. The molecule has 2 aromatic heterocycles. The third kappa shape index (κ3) is 1.85. The molecule has 0 saturated heterocycles. The molecule has 6 nitrogen and oxygen atoms in total. The van der Waals surface area contributed by atoms with Gasteiger partial charge in [0.1, 0.15) is 5.69 Å². The number of carbonyl (C=O) groups excluding carboxylic acids is 1. The highest BCUT2D eigenvalue weighted by atomic mass is 16.2. The molecule has 0 aliphatic rings. The van der Waals surface area contributed by atoms with E-state index in [0.29, 0.717) is 5.69 Å². The van der Waals surface area contributed by atoms with Crippen LogP contribution in [0.15, 0.2) is 35.5 Å². The summed E-state index contributed by atoms with van der Waals surface area (Å²) in [6.07, 6.45) is 4.51. The van der Waals surface area contributed by atoms with Gasteiger partial charge in [0, 0.05) is 19.4 Å². The van der Waals surface area contributed by atoms with Gasteiger partial charge >= 0.3 is 5.69 Å². The summed E-state index contributed by atoms with van der Waals surface area (Å²) in [4.78, 5) is 29.1. The van der Waals surface area contributed by atoms with Crippen LogP contribution in [0.2, 0.25) is 0 Å². The van der Waals surface area contributed by atoms with Crippen molar-refractivity contribution < 1.29 is 4.79 Å². The summed E-state index contributed by atoms with van der Waals surface area (Å²) in [5, 5.41) is 2.63. The van der Waals surface area contributed by atoms with E-state index in [0.717, 1.165) is 0 Å². The SMILES string of the molecule is Cn1c(C(=O)Nc2cccnc2)c[nH]c1=O. The molecule has 2 heterocycles. The highest BCUT2D eigenvalue weighted by molar-refractivity contribution is 6.02. The third-order valence-corrected chi connectivity index (χ3v) is 2.15. The van der Waals surface area contributed by atoms with Crippen molar-refractivity contribution in [1.82, 2.24) is 14.5 Å². The molecule has 0 bridgehead atoms. The van der Waals surface area contributed by atoms with Crippen molar-refractivity contribution in [3.05, 3.63) is 46.9 Å². The maximum absolute atomic E-state index is 11.7. The number of hydrogen-bond donors (Lipinski definition) is 2. The Labute approximate surface area is 90.9 Å². The fraction of sp³-hybridized carbons (Fsp3) is 0.100. The number of aromatic nitrogens is 3.